The lowest BCUT2D eigenvalue weighted by atomic mass is 9.62. The second-order valence-electron chi connectivity index (χ2n) is 3.83. The summed E-state index contributed by atoms with van der Waals surface area (Å²) < 4.78 is 5.41. The molecule has 0 unspecified atom stereocenters. The van der Waals surface area contributed by atoms with E-state index in [1.165, 1.54) is 19.3 Å². The SMILES string of the molecule is CCO[C@@H]1C(=O)[C@@H]2CCCC[C@H]12. The smallest absolute Gasteiger partial charge is 0.165 e. The summed E-state index contributed by atoms with van der Waals surface area (Å²) in [6.07, 6.45) is 4.83. The van der Waals surface area contributed by atoms with Crippen LogP contribution in [0.5, 0.6) is 0 Å². The van der Waals surface area contributed by atoms with Gasteiger partial charge in [-0.25, -0.2) is 0 Å². The van der Waals surface area contributed by atoms with Crippen LogP contribution in [0.1, 0.15) is 32.6 Å². The van der Waals surface area contributed by atoms with Gasteiger partial charge < -0.3 is 4.74 Å². The number of carbonyl (C=O) groups excluding carboxylic acids is 1. The van der Waals surface area contributed by atoms with Gasteiger partial charge in [0, 0.05) is 18.4 Å². The van der Waals surface area contributed by atoms with Crippen LogP contribution in [0.25, 0.3) is 0 Å². The first-order chi connectivity index (χ1) is 5.84. The van der Waals surface area contributed by atoms with Crippen molar-refractivity contribution in [3.63, 3.8) is 0 Å². The highest BCUT2D eigenvalue weighted by molar-refractivity contribution is 5.92. The molecule has 0 amide bonds. The highest BCUT2D eigenvalue weighted by Crippen LogP contribution is 2.43. The molecule has 0 aromatic carbocycles. The molecule has 0 saturated heterocycles. The van der Waals surface area contributed by atoms with Gasteiger partial charge in [-0.05, 0) is 19.8 Å². The minimum atomic E-state index is -0.0275. The topological polar surface area (TPSA) is 26.3 Å². The third kappa shape index (κ3) is 1.09. The monoisotopic (exact) mass is 168 g/mol. The van der Waals surface area contributed by atoms with Crippen molar-refractivity contribution in [1.82, 2.24) is 0 Å². The molecule has 2 aliphatic rings. The summed E-state index contributed by atoms with van der Waals surface area (Å²) in [5, 5.41) is 0. The molecular formula is C10H16O2. The van der Waals surface area contributed by atoms with Crippen LogP contribution in [-0.2, 0) is 9.53 Å². The molecule has 2 nitrogen and oxygen atoms in total. The molecular weight excluding hydrogens is 152 g/mol. The fraction of sp³-hybridized carbons (Fsp3) is 0.900. The van der Waals surface area contributed by atoms with Gasteiger partial charge in [0.05, 0.1) is 0 Å². The molecule has 68 valence electrons. The van der Waals surface area contributed by atoms with Gasteiger partial charge in [-0.2, -0.15) is 0 Å². The van der Waals surface area contributed by atoms with Crippen LogP contribution >= 0.6 is 0 Å². The molecule has 2 heteroatoms. The van der Waals surface area contributed by atoms with Crippen molar-refractivity contribution in [2.75, 3.05) is 6.61 Å². The van der Waals surface area contributed by atoms with Crippen molar-refractivity contribution < 1.29 is 9.53 Å². The molecule has 0 aliphatic heterocycles. The normalized spacial score (nSPS) is 40.4. The molecule has 0 spiro atoms. The molecule has 12 heavy (non-hydrogen) atoms. The van der Waals surface area contributed by atoms with Gasteiger partial charge in [0.2, 0.25) is 0 Å². The number of carbonyl (C=O) groups is 1. The number of fused-ring (bicyclic) bond motifs is 1. The van der Waals surface area contributed by atoms with Crippen LogP contribution < -0.4 is 0 Å². The first-order valence-electron chi connectivity index (χ1n) is 5.00. The van der Waals surface area contributed by atoms with Crippen LogP contribution in [-0.4, -0.2) is 18.5 Å². The molecule has 0 aromatic heterocycles. The molecule has 2 rings (SSSR count). The molecule has 2 fully saturated rings. The van der Waals surface area contributed by atoms with Gasteiger partial charge in [0.1, 0.15) is 6.10 Å². The number of hydrogen-bond acceptors (Lipinski definition) is 2. The number of Topliss-reactive ketones (excluding diaryl/α,β-unsaturated/α-hetero) is 1. The molecule has 2 aliphatic carbocycles. The second kappa shape index (κ2) is 3.17. The summed E-state index contributed by atoms with van der Waals surface area (Å²) in [6, 6.07) is 0. The Labute approximate surface area is 73.3 Å². The maximum atomic E-state index is 11.5. The third-order valence-electron chi connectivity index (χ3n) is 3.20. The lowest BCUT2D eigenvalue weighted by Gasteiger charge is -2.45. The highest BCUT2D eigenvalue weighted by Gasteiger charge is 2.50. The van der Waals surface area contributed by atoms with Crippen molar-refractivity contribution in [2.45, 2.75) is 38.7 Å². The molecule has 0 radical (unpaired) electrons. The highest BCUT2D eigenvalue weighted by atomic mass is 16.5. The van der Waals surface area contributed by atoms with Crippen LogP contribution in [0.3, 0.4) is 0 Å². The number of hydrogen-bond donors (Lipinski definition) is 0. The zero-order chi connectivity index (χ0) is 8.55. The lowest BCUT2D eigenvalue weighted by molar-refractivity contribution is -0.163. The van der Waals surface area contributed by atoms with Crippen molar-refractivity contribution in [3.8, 4) is 0 Å². The van der Waals surface area contributed by atoms with Crippen molar-refractivity contribution in [3.05, 3.63) is 0 Å². The maximum absolute atomic E-state index is 11.5. The fourth-order valence-corrected chi connectivity index (χ4v) is 2.56. The lowest BCUT2D eigenvalue weighted by Crippen LogP contribution is -2.54. The Hall–Kier alpha value is -0.370. The summed E-state index contributed by atoms with van der Waals surface area (Å²) in [4.78, 5) is 11.5. The van der Waals surface area contributed by atoms with E-state index < -0.39 is 0 Å². The Morgan fingerprint density at radius 1 is 1.42 bits per heavy atom. The first kappa shape index (κ1) is 8.24. The zero-order valence-corrected chi connectivity index (χ0v) is 7.58. The molecule has 3 atom stereocenters. The average molecular weight is 168 g/mol. The maximum Gasteiger partial charge on any atom is 0.165 e. The van der Waals surface area contributed by atoms with E-state index in [1.54, 1.807) is 0 Å². The van der Waals surface area contributed by atoms with E-state index in [2.05, 4.69) is 0 Å². The number of ether oxygens (including phenoxy) is 1. The van der Waals surface area contributed by atoms with Crippen molar-refractivity contribution in [2.24, 2.45) is 11.8 Å². The zero-order valence-electron chi connectivity index (χ0n) is 7.58. The summed E-state index contributed by atoms with van der Waals surface area (Å²) >= 11 is 0. The second-order valence-corrected chi connectivity index (χ2v) is 3.83. The Morgan fingerprint density at radius 3 is 2.92 bits per heavy atom. The van der Waals surface area contributed by atoms with Gasteiger partial charge in [0.15, 0.2) is 5.78 Å². The average Bonchev–Trinajstić information content (AvgIpc) is 2.13. The minimum Gasteiger partial charge on any atom is -0.370 e. The van der Waals surface area contributed by atoms with Gasteiger partial charge >= 0.3 is 0 Å². The van der Waals surface area contributed by atoms with Gasteiger partial charge in [-0.1, -0.05) is 12.8 Å². The Morgan fingerprint density at radius 2 is 2.17 bits per heavy atom. The summed E-state index contributed by atoms with van der Waals surface area (Å²) in [5.74, 6) is 1.32. The van der Waals surface area contributed by atoms with Crippen molar-refractivity contribution >= 4 is 5.78 Å². The van der Waals surface area contributed by atoms with E-state index in [1.807, 2.05) is 6.92 Å². The summed E-state index contributed by atoms with van der Waals surface area (Å²) in [5.41, 5.74) is 0. The van der Waals surface area contributed by atoms with Gasteiger partial charge in [-0.15, -0.1) is 0 Å². The Balaban J connectivity index is 1.96. The van der Waals surface area contributed by atoms with Crippen LogP contribution in [0.2, 0.25) is 0 Å². The van der Waals surface area contributed by atoms with E-state index >= 15 is 0 Å². The van der Waals surface area contributed by atoms with Crippen LogP contribution in [0, 0.1) is 11.8 Å². The number of rotatable bonds is 2. The Kier molecular flexibility index (Phi) is 2.18. The fourth-order valence-electron chi connectivity index (χ4n) is 2.56. The van der Waals surface area contributed by atoms with Crippen LogP contribution in [0.4, 0.5) is 0 Å². The van der Waals surface area contributed by atoms with Gasteiger partial charge in [0.25, 0.3) is 0 Å². The molecule has 2 saturated carbocycles. The van der Waals surface area contributed by atoms with Crippen LogP contribution in [0.15, 0.2) is 0 Å². The number of ketones is 1. The predicted molar refractivity (Wildman–Crippen MR) is 45.9 cm³/mol. The molecule has 0 heterocycles. The molecule has 0 N–H and O–H groups in total. The molecule has 0 aromatic rings. The first-order valence-corrected chi connectivity index (χ1v) is 5.00. The molecule has 0 bridgehead atoms. The summed E-state index contributed by atoms with van der Waals surface area (Å²) in [6.45, 7) is 2.64. The minimum absolute atomic E-state index is 0.0275. The van der Waals surface area contributed by atoms with E-state index in [0.717, 1.165) is 6.42 Å². The Bertz CT molecular complexity index is 188. The largest absolute Gasteiger partial charge is 0.370 e. The van der Waals surface area contributed by atoms with E-state index in [0.29, 0.717) is 24.2 Å². The standard InChI is InChI=1S/C10H16O2/c1-2-12-10-8-6-4-3-5-7(8)9(10)11/h7-8,10H,2-6H2,1H3/t7-,8+,10+/m1/s1. The van der Waals surface area contributed by atoms with E-state index in [9.17, 15) is 4.79 Å². The van der Waals surface area contributed by atoms with Gasteiger partial charge in [-0.3, -0.25) is 4.79 Å². The third-order valence-corrected chi connectivity index (χ3v) is 3.20. The van der Waals surface area contributed by atoms with Crippen molar-refractivity contribution in [1.29, 1.82) is 0 Å². The van der Waals surface area contributed by atoms with E-state index in [-0.39, 0.29) is 6.10 Å². The predicted octanol–water partition coefficient (Wildman–Crippen LogP) is 1.78. The quantitative estimate of drug-likeness (QED) is 0.628. The van der Waals surface area contributed by atoms with E-state index in [4.69, 9.17) is 4.74 Å². The summed E-state index contributed by atoms with van der Waals surface area (Å²) in [7, 11) is 0.